The van der Waals surface area contributed by atoms with Crippen LogP contribution >= 0.6 is 0 Å². The van der Waals surface area contributed by atoms with Crippen molar-refractivity contribution in [3.63, 3.8) is 0 Å². The van der Waals surface area contributed by atoms with E-state index in [2.05, 4.69) is 50.4 Å². The second-order valence-corrected chi connectivity index (χ2v) is 4.54. The highest BCUT2D eigenvalue weighted by Gasteiger charge is 2.07. The summed E-state index contributed by atoms with van der Waals surface area (Å²) in [5.74, 6) is 1.02. The number of nitrogens with one attached hydrogen (secondary N) is 1. The molecule has 0 aliphatic heterocycles. The molecule has 2 nitrogen and oxygen atoms in total. The van der Waals surface area contributed by atoms with Gasteiger partial charge in [-0.25, -0.2) is 0 Å². The van der Waals surface area contributed by atoms with E-state index in [1.54, 1.807) is 6.26 Å². The van der Waals surface area contributed by atoms with E-state index in [9.17, 15) is 0 Å². The van der Waals surface area contributed by atoms with E-state index < -0.39 is 0 Å². The number of hydrogen-bond donors (Lipinski definition) is 1. The zero-order valence-electron chi connectivity index (χ0n) is 10.7. The molecule has 1 N–H and O–H groups in total. The van der Waals surface area contributed by atoms with Crippen LogP contribution in [-0.2, 0) is 6.54 Å². The Bertz CT molecular complexity index is 487. The molecule has 0 aliphatic rings. The Labute approximate surface area is 103 Å². The van der Waals surface area contributed by atoms with Gasteiger partial charge in [-0.2, -0.15) is 0 Å². The van der Waals surface area contributed by atoms with Crippen molar-refractivity contribution in [1.82, 2.24) is 5.32 Å². The van der Waals surface area contributed by atoms with Crippen LogP contribution in [0.1, 0.15) is 35.4 Å². The zero-order valence-corrected chi connectivity index (χ0v) is 10.7. The lowest BCUT2D eigenvalue weighted by molar-refractivity contribution is 0.458. The van der Waals surface area contributed by atoms with Crippen molar-refractivity contribution in [2.75, 3.05) is 0 Å². The Morgan fingerprint density at radius 2 is 2.06 bits per heavy atom. The van der Waals surface area contributed by atoms with Gasteiger partial charge in [-0.1, -0.05) is 29.8 Å². The lowest BCUT2D eigenvalue weighted by Gasteiger charge is -2.14. The number of aryl methyl sites for hydroxylation is 2. The molecule has 1 atom stereocenters. The molecular formula is C15H19NO. The second-order valence-electron chi connectivity index (χ2n) is 4.54. The van der Waals surface area contributed by atoms with Gasteiger partial charge in [0.25, 0.3) is 0 Å². The molecule has 1 heterocycles. The summed E-state index contributed by atoms with van der Waals surface area (Å²) in [5, 5.41) is 3.48. The summed E-state index contributed by atoms with van der Waals surface area (Å²) in [6, 6.07) is 10.9. The van der Waals surface area contributed by atoms with Crippen LogP contribution < -0.4 is 5.32 Å². The Hall–Kier alpha value is -1.54. The van der Waals surface area contributed by atoms with E-state index in [1.165, 1.54) is 16.7 Å². The third kappa shape index (κ3) is 2.98. The standard InChI is InChI=1S/C15H19NO/c1-11-5-4-6-14(9-11)13(3)16-10-15-12(2)7-8-17-15/h4-9,13,16H,10H2,1-3H3/t13-/m1/s1. The van der Waals surface area contributed by atoms with Crippen LogP contribution in [0.2, 0.25) is 0 Å². The molecule has 0 bridgehead atoms. The molecule has 0 spiro atoms. The largest absolute Gasteiger partial charge is 0.468 e. The third-order valence-electron chi connectivity index (χ3n) is 3.08. The number of rotatable bonds is 4. The van der Waals surface area contributed by atoms with Gasteiger partial charge in [0.2, 0.25) is 0 Å². The molecule has 17 heavy (non-hydrogen) atoms. The topological polar surface area (TPSA) is 25.2 Å². The van der Waals surface area contributed by atoms with Gasteiger partial charge in [0.1, 0.15) is 5.76 Å². The minimum atomic E-state index is 0.333. The minimum absolute atomic E-state index is 0.333. The molecule has 2 rings (SSSR count). The van der Waals surface area contributed by atoms with Gasteiger partial charge < -0.3 is 9.73 Å². The summed E-state index contributed by atoms with van der Waals surface area (Å²) < 4.78 is 5.41. The molecule has 0 radical (unpaired) electrons. The summed E-state index contributed by atoms with van der Waals surface area (Å²) >= 11 is 0. The van der Waals surface area contributed by atoms with Gasteiger partial charge in [0, 0.05) is 6.04 Å². The van der Waals surface area contributed by atoms with Crippen molar-refractivity contribution in [3.8, 4) is 0 Å². The smallest absolute Gasteiger partial charge is 0.120 e. The van der Waals surface area contributed by atoms with Crippen molar-refractivity contribution in [2.45, 2.75) is 33.4 Å². The first-order valence-corrected chi connectivity index (χ1v) is 6.00. The molecule has 0 amide bonds. The maximum atomic E-state index is 5.41. The lowest BCUT2D eigenvalue weighted by Crippen LogP contribution is -2.18. The van der Waals surface area contributed by atoms with Gasteiger partial charge in [-0.3, -0.25) is 0 Å². The molecule has 0 aliphatic carbocycles. The molecule has 90 valence electrons. The monoisotopic (exact) mass is 229 g/mol. The number of hydrogen-bond acceptors (Lipinski definition) is 2. The molecule has 2 heteroatoms. The maximum Gasteiger partial charge on any atom is 0.120 e. The first-order chi connectivity index (χ1) is 8.16. The Morgan fingerprint density at radius 1 is 1.24 bits per heavy atom. The lowest BCUT2D eigenvalue weighted by atomic mass is 10.1. The summed E-state index contributed by atoms with van der Waals surface area (Å²) in [4.78, 5) is 0. The van der Waals surface area contributed by atoms with E-state index in [1.807, 2.05) is 6.07 Å². The Balaban J connectivity index is 1.98. The van der Waals surface area contributed by atoms with Gasteiger partial charge >= 0.3 is 0 Å². The average Bonchev–Trinajstić information content (AvgIpc) is 2.72. The molecule has 0 saturated heterocycles. The fraction of sp³-hybridized carbons (Fsp3) is 0.333. The van der Waals surface area contributed by atoms with Crippen LogP contribution in [0.5, 0.6) is 0 Å². The highest BCUT2D eigenvalue weighted by molar-refractivity contribution is 5.24. The van der Waals surface area contributed by atoms with Crippen molar-refractivity contribution in [3.05, 3.63) is 59.0 Å². The zero-order chi connectivity index (χ0) is 12.3. The molecule has 1 aromatic carbocycles. The summed E-state index contributed by atoms with van der Waals surface area (Å²) in [6.07, 6.45) is 1.74. The first kappa shape index (κ1) is 11.9. The van der Waals surface area contributed by atoms with Gasteiger partial charge in [-0.15, -0.1) is 0 Å². The van der Waals surface area contributed by atoms with Crippen LogP contribution in [-0.4, -0.2) is 0 Å². The quantitative estimate of drug-likeness (QED) is 0.863. The van der Waals surface area contributed by atoms with E-state index in [0.29, 0.717) is 6.04 Å². The van der Waals surface area contributed by atoms with Crippen molar-refractivity contribution in [1.29, 1.82) is 0 Å². The highest BCUT2D eigenvalue weighted by Crippen LogP contribution is 2.15. The Morgan fingerprint density at radius 3 is 2.71 bits per heavy atom. The minimum Gasteiger partial charge on any atom is -0.468 e. The summed E-state index contributed by atoms with van der Waals surface area (Å²) in [5.41, 5.74) is 3.81. The molecule has 0 unspecified atom stereocenters. The van der Waals surface area contributed by atoms with Crippen LogP contribution in [0.4, 0.5) is 0 Å². The molecule has 1 aromatic heterocycles. The van der Waals surface area contributed by atoms with Crippen molar-refractivity contribution < 1.29 is 4.42 Å². The predicted octanol–water partition coefficient (Wildman–Crippen LogP) is 3.75. The van der Waals surface area contributed by atoms with Crippen LogP contribution in [0.3, 0.4) is 0 Å². The molecular weight excluding hydrogens is 210 g/mol. The van der Waals surface area contributed by atoms with Gasteiger partial charge in [-0.05, 0) is 38.0 Å². The molecule has 2 aromatic rings. The number of benzene rings is 1. The number of furan rings is 1. The van der Waals surface area contributed by atoms with Crippen molar-refractivity contribution in [2.24, 2.45) is 0 Å². The first-order valence-electron chi connectivity index (χ1n) is 6.00. The Kier molecular flexibility index (Phi) is 3.64. The summed E-state index contributed by atoms with van der Waals surface area (Å²) in [6.45, 7) is 7.13. The SMILES string of the molecule is Cc1cccc([C@@H](C)NCc2occc2C)c1. The van der Waals surface area contributed by atoms with Crippen molar-refractivity contribution >= 4 is 0 Å². The van der Waals surface area contributed by atoms with Gasteiger partial charge in [0.05, 0.1) is 12.8 Å². The van der Waals surface area contributed by atoms with Crippen LogP contribution in [0, 0.1) is 13.8 Å². The van der Waals surface area contributed by atoms with E-state index in [4.69, 9.17) is 4.42 Å². The van der Waals surface area contributed by atoms with E-state index in [0.717, 1.165) is 12.3 Å². The molecule has 0 fully saturated rings. The van der Waals surface area contributed by atoms with Gasteiger partial charge in [0.15, 0.2) is 0 Å². The average molecular weight is 229 g/mol. The normalized spacial score (nSPS) is 12.6. The second kappa shape index (κ2) is 5.19. The molecule has 0 saturated carbocycles. The van der Waals surface area contributed by atoms with Crippen LogP contribution in [0.25, 0.3) is 0 Å². The third-order valence-corrected chi connectivity index (χ3v) is 3.08. The van der Waals surface area contributed by atoms with E-state index >= 15 is 0 Å². The fourth-order valence-corrected chi connectivity index (χ4v) is 1.89. The van der Waals surface area contributed by atoms with E-state index in [-0.39, 0.29) is 0 Å². The highest BCUT2D eigenvalue weighted by atomic mass is 16.3. The van der Waals surface area contributed by atoms with Crippen LogP contribution in [0.15, 0.2) is 41.0 Å². The fourth-order valence-electron chi connectivity index (χ4n) is 1.89. The predicted molar refractivity (Wildman–Crippen MR) is 69.9 cm³/mol. The maximum absolute atomic E-state index is 5.41. The summed E-state index contributed by atoms with van der Waals surface area (Å²) in [7, 11) is 0.